The van der Waals surface area contributed by atoms with Crippen molar-refractivity contribution in [3.8, 4) is 11.3 Å². The summed E-state index contributed by atoms with van der Waals surface area (Å²) in [6.45, 7) is 9.48. The molecular formula is C25H28NOsP2+2. The zero-order valence-corrected chi connectivity index (χ0v) is 21.9. The molecule has 1 nitrogen and oxygen atoms in total. The van der Waals surface area contributed by atoms with Crippen LogP contribution in [0.4, 0.5) is 0 Å². The average molecular weight is 595 g/mol. The molecule has 0 N–H and O–H groups in total. The first-order valence-corrected chi connectivity index (χ1v) is 14.6. The molecule has 0 fully saturated rings. The second kappa shape index (κ2) is 11.7. The Hall–Kier alpha value is -1.43. The molecule has 4 aromatic rings. The van der Waals surface area contributed by atoms with E-state index >= 15 is 0 Å². The van der Waals surface area contributed by atoms with E-state index in [1.54, 1.807) is 16.8 Å². The smallest absolute Gasteiger partial charge is 0.295 e. The van der Waals surface area contributed by atoms with Crippen LogP contribution in [0.3, 0.4) is 0 Å². The van der Waals surface area contributed by atoms with E-state index in [2.05, 4.69) is 86.2 Å². The standard InChI is InChI=1S/C15H10N.C10H16P2.Os/c1-2-6-13-11-14(9-8-12(13)5-1)15-7-3-4-10-16-15;1-11(2)9-7-5-6-8-10(9)12(3)4;/h1-10H;5-8H,1-4H3;/q-1;;+1/p+2. The van der Waals surface area contributed by atoms with Gasteiger partial charge in [0.2, 0.25) is 0 Å². The minimum absolute atomic E-state index is 0. The third-order valence-electron chi connectivity index (χ3n) is 4.60. The van der Waals surface area contributed by atoms with E-state index in [1.807, 2.05) is 30.3 Å². The van der Waals surface area contributed by atoms with Gasteiger partial charge in [0.25, 0.3) is 0 Å². The topological polar surface area (TPSA) is 12.9 Å². The molecule has 149 valence electrons. The Labute approximate surface area is 190 Å². The van der Waals surface area contributed by atoms with Crippen molar-refractivity contribution < 1.29 is 19.8 Å². The molecule has 0 atom stereocenters. The molecule has 0 aliphatic carbocycles. The Morgan fingerprint density at radius 3 is 1.83 bits per heavy atom. The van der Waals surface area contributed by atoms with Crippen LogP contribution in [0.2, 0.25) is 0 Å². The van der Waals surface area contributed by atoms with E-state index in [9.17, 15) is 0 Å². The molecule has 0 saturated heterocycles. The number of pyridine rings is 1. The van der Waals surface area contributed by atoms with Crippen molar-refractivity contribution in [3.05, 3.63) is 91.1 Å². The van der Waals surface area contributed by atoms with Gasteiger partial charge in [-0.15, -0.1) is 29.7 Å². The zero-order chi connectivity index (χ0) is 19.9. The molecule has 0 unspecified atom stereocenters. The first kappa shape index (κ1) is 23.8. The van der Waals surface area contributed by atoms with Crippen LogP contribution in [0, 0.1) is 6.07 Å². The molecule has 4 rings (SSSR count). The quantitative estimate of drug-likeness (QED) is 0.223. The molecule has 29 heavy (non-hydrogen) atoms. The third kappa shape index (κ3) is 6.53. The van der Waals surface area contributed by atoms with Crippen molar-refractivity contribution in [1.29, 1.82) is 0 Å². The maximum absolute atomic E-state index is 4.32. The van der Waals surface area contributed by atoms with Gasteiger partial charge < -0.3 is 0 Å². The van der Waals surface area contributed by atoms with Gasteiger partial charge in [-0.05, 0) is 18.2 Å². The van der Waals surface area contributed by atoms with Crippen molar-refractivity contribution in [1.82, 2.24) is 4.98 Å². The van der Waals surface area contributed by atoms with Crippen LogP contribution in [0.15, 0.2) is 85.1 Å². The van der Waals surface area contributed by atoms with Gasteiger partial charge >= 0.3 is 19.8 Å². The van der Waals surface area contributed by atoms with E-state index in [0.29, 0.717) is 0 Å². The van der Waals surface area contributed by atoms with Gasteiger partial charge in [0.15, 0.2) is 0 Å². The zero-order valence-electron chi connectivity index (χ0n) is 17.4. The van der Waals surface area contributed by atoms with Gasteiger partial charge in [-0.3, -0.25) is 4.98 Å². The summed E-state index contributed by atoms with van der Waals surface area (Å²) < 4.78 is 0. The van der Waals surface area contributed by atoms with Crippen molar-refractivity contribution in [3.63, 3.8) is 0 Å². The summed E-state index contributed by atoms with van der Waals surface area (Å²) in [4.78, 5) is 4.32. The fourth-order valence-electron chi connectivity index (χ4n) is 3.14. The van der Waals surface area contributed by atoms with Crippen LogP contribution in [0.1, 0.15) is 0 Å². The van der Waals surface area contributed by atoms with Gasteiger partial charge in [0, 0.05) is 27.7 Å². The summed E-state index contributed by atoms with van der Waals surface area (Å²) in [5.74, 6) is 0. The van der Waals surface area contributed by atoms with Gasteiger partial charge in [0.1, 0.15) is 10.6 Å². The molecule has 1 aromatic heterocycles. The van der Waals surface area contributed by atoms with Gasteiger partial charge in [0.05, 0.1) is 26.7 Å². The number of benzene rings is 3. The summed E-state index contributed by atoms with van der Waals surface area (Å²) >= 11 is 0. The monoisotopic (exact) mass is 596 g/mol. The van der Waals surface area contributed by atoms with Gasteiger partial charge in [-0.1, -0.05) is 53.4 Å². The van der Waals surface area contributed by atoms with E-state index < -0.39 is 0 Å². The Kier molecular flexibility index (Phi) is 9.60. The van der Waals surface area contributed by atoms with Crippen molar-refractivity contribution in [2.75, 3.05) is 26.7 Å². The summed E-state index contributed by atoms with van der Waals surface area (Å²) in [6, 6.07) is 30.6. The fraction of sp³-hybridized carbons (Fsp3) is 0.160. The van der Waals surface area contributed by atoms with Crippen molar-refractivity contribution in [2.24, 2.45) is 0 Å². The van der Waals surface area contributed by atoms with Crippen LogP contribution in [0.25, 0.3) is 22.0 Å². The predicted molar refractivity (Wildman–Crippen MR) is 132 cm³/mol. The first-order valence-electron chi connectivity index (χ1n) is 9.59. The normalized spacial score (nSPS) is 10.4. The molecule has 0 aliphatic heterocycles. The molecule has 3 aromatic carbocycles. The molecule has 0 aliphatic rings. The third-order valence-corrected chi connectivity index (χ3v) is 7.88. The van der Waals surface area contributed by atoms with Crippen molar-refractivity contribution in [2.45, 2.75) is 0 Å². The molecule has 1 heterocycles. The maximum Gasteiger partial charge on any atom is 1.00 e. The van der Waals surface area contributed by atoms with Crippen LogP contribution in [0.5, 0.6) is 0 Å². The van der Waals surface area contributed by atoms with E-state index in [0.717, 1.165) is 16.6 Å². The average Bonchev–Trinajstić information content (AvgIpc) is 2.74. The molecule has 0 spiro atoms. The van der Waals surface area contributed by atoms with Crippen LogP contribution >= 0.6 is 15.8 Å². The molecule has 4 heteroatoms. The minimum atomic E-state index is -0.261. The predicted octanol–water partition coefficient (Wildman–Crippen LogP) is 5.58. The SMILES string of the molecule is C[PH+](C)c1ccccc1[PH+](C)C.[Os+].[c-]1c(-c2ccccn2)ccc2ccccc12. The number of aromatic nitrogens is 1. The minimum Gasteiger partial charge on any atom is -0.295 e. The summed E-state index contributed by atoms with van der Waals surface area (Å²) in [5.41, 5.74) is 2.01. The van der Waals surface area contributed by atoms with E-state index in [4.69, 9.17) is 0 Å². The number of hydrogen-bond acceptors (Lipinski definition) is 1. The Morgan fingerprint density at radius 1 is 0.655 bits per heavy atom. The Balaban J connectivity index is 0.000000209. The number of hydrogen-bond donors (Lipinski definition) is 0. The summed E-state index contributed by atoms with van der Waals surface area (Å²) in [5, 5.41) is 5.62. The van der Waals surface area contributed by atoms with Crippen LogP contribution in [-0.4, -0.2) is 31.6 Å². The molecule has 0 amide bonds. The van der Waals surface area contributed by atoms with Gasteiger partial charge in [-0.25, -0.2) is 0 Å². The summed E-state index contributed by atoms with van der Waals surface area (Å²) in [7, 11) is -0.522. The molecular weight excluding hydrogens is 566 g/mol. The van der Waals surface area contributed by atoms with E-state index in [-0.39, 0.29) is 35.6 Å². The second-order valence-corrected chi connectivity index (χ2v) is 12.3. The number of rotatable bonds is 3. The molecule has 1 radical (unpaired) electrons. The maximum atomic E-state index is 4.32. The molecule has 0 bridgehead atoms. The van der Waals surface area contributed by atoms with E-state index in [1.165, 1.54) is 5.39 Å². The number of fused-ring (bicyclic) bond motifs is 1. The first-order chi connectivity index (χ1) is 13.6. The summed E-state index contributed by atoms with van der Waals surface area (Å²) in [6.07, 6.45) is 1.80. The molecule has 0 saturated carbocycles. The van der Waals surface area contributed by atoms with Gasteiger partial charge in [-0.2, -0.15) is 0 Å². The van der Waals surface area contributed by atoms with Crippen molar-refractivity contribution >= 4 is 37.2 Å². The van der Waals surface area contributed by atoms with Crippen LogP contribution in [-0.2, 0) is 19.8 Å². The Bertz CT molecular complexity index is 1010. The number of nitrogens with zero attached hydrogens (tertiary/aromatic N) is 1. The van der Waals surface area contributed by atoms with Crippen LogP contribution < -0.4 is 10.6 Å². The largest absolute Gasteiger partial charge is 1.00 e. The Morgan fingerprint density at radius 2 is 1.24 bits per heavy atom. The fourth-order valence-corrected chi connectivity index (χ4v) is 6.75. The second-order valence-electron chi connectivity index (χ2n) is 7.22.